The van der Waals surface area contributed by atoms with Gasteiger partial charge in [-0.2, -0.15) is 0 Å². The highest BCUT2D eigenvalue weighted by atomic mass is 79.9. The van der Waals surface area contributed by atoms with Crippen molar-refractivity contribution in [1.29, 1.82) is 0 Å². The summed E-state index contributed by atoms with van der Waals surface area (Å²) in [5.41, 5.74) is 1.29. The van der Waals surface area contributed by atoms with E-state index in [0.29, 0.717) is 5.92 Å². The van der Waals surface area contributed by atoms with Gasteiger partial charge < -0.3 is 4.57 Å². The predicted octanol–water partition coefficient (Wildman–Crippen LogP) is 3.82. The van der Waals surface area contributed by atoms with Crippen LogP contribution in [0.5, 0.6) is 0 Å². The van der Waals surface area contributed by atoms with Gasteiger partial charge in [-0.15, -0.1) is 0 Å². The van der Waals surface area contributed by atoms with Crippen LogP contribution in [-0.4, -0.2) is 9.55 Å². The van der Waals surface area contributed by atoms with Crippen LogP contribution in [0.15, 0.2) is 41.1 Å². The van der Waals surface area contributed by atoms with Crippen molar-refractivity contribution in [1.82, 2.24) is 9.55 Å². The third kappa shape index (κ3) is 2.53. The molecule has 0 N–H and O–H groups in total. The van der Waals surface area contributed by atoms with Crippen LogP contribution in [0.1, 0.15) is 31.2 Å². The molecule has 2 aromatic rings. The number of hydrogen-bond acceptors (Lipinski definition) is 1. The van der Waals surface area contributed by atoms with Gasteiger partial charge in [-0.1, -0.05) is 41.9 Å². The van der Waals surface area contributed by atoms with E-state index >= 15 is 0 Å². The Kier molecular flexibility index (Phi) is 3.44. The number of aromatic nitrogens is 2. The van der Waals surface area contributed by atoms with Crippen molar-refractivity contribution in [2.75, 3.05) is 0 Å². The molecule has 16 heavy (non-hydrogen) atoms. The maximum atomic E-state index is 4.38. The lowest BCUT2D eigenvalue weighted by atomic mass is 10.2. The zero-order valence-electron chi connectivity index (χ0n) is 9.52. The minimum Gasteiger partial charge on any atom is -0.330 e. The van der Waals surface area contributed by atoms with Crippen LogP contribution in [0.3, 0.4) is 0 Å². The molecule has 0 radical (unpaired) electrons. The molecular formula is C13H15BrN2. The first-order chi connectivity index (χ1) is 7.66. The van der Waals surface area contributed by atoms with Gasteiger partial charge in [0.2, 0.25) is 0 Å². The summed E-state index contributed by atoms with van der Waals surface area (Å²) >= 11 is 3.44. The molecule has 0 atom stereocenters. The molecule has 0 fully saturated rings. The second-order valence-corrected chi connectivity index (χ2v) is 5.11. The van der Waals surface area contributed by atoms with Crippen molar-refractivity contribution in [3.8, 4) is 0 Å². The summed E-state index contributed by atoms with van der Waals surface area (Å²) in [6.07, 6.45) is 3.91. The van der Waals surface area contributed by atoms with E-state index in [4.69, 9.17) is 0 Å². The third-order valence-electron chi connectivity index (χ3n) is 2.53. The minimum atomic E-state index is 0.463. The van der Waals surface area contributed by atoms with Crippen LogP contribution in [0.25, 0.3) is 0 Å². The largest absolute Gasteiger partial charge is 0.330 e. The standard InChI is InChI=1S/C13H15BrN2/c1-10(2)13-15-7-8-16(13)9-11-3-5-12(14)6-4-11/h3-8,10H,9H2,1-2H3. The molecule has 0 saturated heterocycles. The average molecular weight is 279 g/mol. The predicted molar refractivity (Wildman–Crippen MR) is 69.6 cm³/mol. The zero-order valence-corrected chi connectivity index (χ0v) is 11.1. The first-order valence-electron chi connectivity index (χ1n) is 5.42. The van der Waals surface area contributed by atoms with Gasteiger partial charge in [-0.05, 0) is 17.7 Å². The molecule has 1 aromatic carbocycles. The number of nitrogens with zero attached hydrogens (tertiary/aromatic N) is 2. The summed E-state index contributed by atoms with van der Waals surface area (Å²) in [7, 11) is 0. The maximum absolute atomic E-state index is 4.38. The molecular weight excluding hydrogens is 264 g/mol. The van der Waals surface area contributed by atoms with Gasteiger partial charge in [0, 0.05) is 29.3 Å². The molecule has 0 amide bonds. The average Bonchev–Trinajstić information content (AvgIpc) is 2.69. The van der Waals surface area contributed by atoms with Crippen molar-refractivity contribution < 1.29 is 0 Å². The highest BCUT2D eigenvalue weighted by Gasteiger charge is 2.06. The fourth-order valence-electron chi connectivity index (χ4n) is 1.74. The second kappa shape index (κ2) is 4.83. The van der Waals surface area contributed by atoms with Crippen LogP contribution in [-0.2, 0) is 6.54 Å². The highest BCUT2D eigenvalue weighted by Crippen LogP contribution is 2.15. The lowest BCUT2D eigenvalue weighted by molar-refractivity contribution is 0.669. The van der Waals surface area contributed by atoms with Crippen LogP contribution in [0, 0.1) is 0 Å². The van der Waals surface area contributed by atoms with Crippen molar-refractivity contribution in [3.05, 3.63) is 52.5 Å². The molecule has 84 valence electrons. The van der Waals surface area contributed by atoms with Crippen molar-refractivity contribution in [3.63, 3.8) is 0 Å². The smallest absolute Gasteiger partial charge is 0.111 e. The molecule has 0 aliphatic carbocycles. The Morgan fingerprint density at radius 1 is 1.25 bits per heavy atom. The van der Waals surface area contributed by atoms with Crippen LogP contribution in [0.4, 0.5) is 0 Å². The number of hydrogen-bond donors (Lipinski definition) is 0. The fraction of sp³-hybridized carbons (Fsp3) is 0.308. The summed E-state index contributed by atoms with van der Waals surface area (Å²) in [6, 6.07) is 8.41. The Bertz CT molecular complexity index is 457. The Morgan fingerprint density at radius 3 is 2.56 bits per heavy atom. The molecule has 0 bridgehead atoms. The Labute approximate surface area is 104 Å². The van der Waals surface area contributed by atoms with Gasteiger partial charge in [0.25, 0.3) is 0 Å². The van der Waals surface area contributed by atoms with E-state index in [9.17, 15) is 0 Å². The van der Waals surface area contributed by atoms with E-state index in [0.717, 1.165) is 16.8 Å². The summed E-state index contributed by atoms with van der Waals surface area (Å²) in [5, 5.41) is 0. The van der Waals surface area contributed by atoms with Crippen molar-refractivity contribution in [2.45, 2.75) is 26.3 Å². The zero-order chi connectivity index (χ0) is 11.5. The van der Waals surface area contributed by atoms with E-state index < -0.39 is 0 Å². The Hall–Kier alpha value is -1.09. The fourth-order valence-corrected chi connectivity index (χ4v) is 2.01. The monoisotopic (exact) mass is 278 g/mol. The topological polar surface area (TPSA) is 17.8 Å². The van der Waals surface area contributed by atoms with Crippen LogP contribution in [0.2, 0.25) is 0 Å². The summed E-state index contributed by atoms with van der Waals surface area (Å²) in [4.78, 5) is 4.38. The number of halogens is 1. The number of rotatable bonds is 3. The van der Waals surface area contributed by atoms with Gasteiger partial charge in [0.1, 0.15) is 5.82 Å². The van der Waals surface area contributed by atoms with Crippen molar-refractivity contribution in [2.24, 2.45) is 0 Å². The SMILES string of the molecule is CC(C)c1nccn1Cc1ccc(Br)cc1. The molecule has 1 aromatic heterocycles. The summed E-state index contributed by atoms with van der Waals surface area (Å²) < 4.78 is 3.32. The summed E-state index contributed by atoms with van der Waals surface area (Å²) in [6.45, 7) is 5.22. The molecule has 1 heterocycles. The Balaban J connectivity index is 2.20. The van der Waals surface area contributed by atoms with E-state index in [1.54, 1.807) is 0 Å². The maximum Gasteiger partial charge on any atom is 0.111 e. The number of benzene rings is 1. The van der Waals surface area contributed by atoms with E-state index in [2.05, 4.69) is 63.6 Å². The van der Waals surface area contributed by atoms with E-state index in [1.807, 2.05) is 12.4 Å². The molecule has 2 rings (SSSR count). The molecule has 0 aliphatic rings. The quantitative estimate of drug-likeness (QED) is 0.835. The van der Waals surface area contributed by atoms with Crippen molar-refractivity contribution >= 4 is 15.9 Å². The first kappa shape index (κ1) is 11.4. The molecule has 0 aliphatic heterocycles. The molecule has 2 nitrogen and oxygen atoms in total. The van der Waals surface area contributed by atoms with Gasteiger partial charge in [-0.3, -0.25) is 0 Å². The lowest BCUT2D eigenvalue weighted by Gasteiger charge is -2.10. The Morgan fingerprint density at radius 2 is 1.94 bits per heavy atom. The van der Waals surface area contributed by atoms with Gasteiger partial charge in [-0.25, -0.2) is 4.98 Å². The molecule has 3 heteroatoms. The van der Waals surface area contributed by atoms with E-state index in [1.165, 1.54) is 5.56 Å². The van der Waals surface area contributed by atoms with Gasteiger partial charge in [0.05, 0.1) is 0 Å². The molecule has 0 unspecified atom stereocenters. The third-order valence-corrected chi connectivity index (χ3v) is 3.06. The molecule has 0 spiro atoms. The number of imidazole rings is 1. The van der Waals surface area contributed by atoms with Crippen LogP contribution >= 0.6 is 15.9 Å². The first-order valence-corrected chi connectivity index (χ1v) is 6.21. The summed E-state index contributed by atoms with van der Waals surface area (Å²) in [5.74, 6) is 1.60. The van der Waals surface area contributed by atoms with Crippen LogP contribution < -0.4 is 0 Å². The van der Waals surface area contributed by atoms with E-state index in [-0.39, 0.29) is 0 Å². The normalized spacial score (nSPS) is 11.0. The minimum absolute atomic E-state index is 0.463. The second-order valence-electron chi connectivity index (χ2n) is 4.19. The highest BCUT2D eigenvalue weighted by molar-refractivity contribution is 9.10. The van der Waals surface area contributed by atoms with Gasteiger partial charge in [0.15, 0.2) is 0 Å². The van der Waals surface area contributed by atoms with Gasteiger partial charge >= 0.3 is 0 Å². The molecule has 0 saturated carbocycles. The lowest BCUT2D eigenvalue weighted by Crippen LogP contribution is -2.05.